The second kappa shape index (κ2) is 4.94. The first-order valence-electron chi connectivity index (χ1n) is 6.08. The predicted octanol–water partition coefficient (Wildman–Crippen LogP) is 2.57. The van der Waals surface area contributed by atoms with Gasteiger partial charge in [-0.1, -0.05) is 0 Å². The van der Waals surface area contributed by atoms with Crippen molar-refractivity contribution in [2.24, 2.45) is 0 Å². The van der Waals surface area contributed by atoms with Crippen LogP contribution in [0.1, 0.15) is 32.4 Å². The predicted molar refractivity (Wildman–Crippen MR) is 68.2 cm³/mol. The topological polar surface area (TPSA) is 64.1 Å². The maximum atomic E-state index is 5.54. The number of hydrogen-bond acceptors (Lipinski definition) is 5. The van der Waals surface area contributed by atoms with Gasteiger partial charge in [-0.25, -0.2) is 0 Å². The molecule has 0 aliphatic carbocycles. The highest BCUT2D eigenvalue weighted by molar-refractivity contribution is 5.43. The summed E-state index contributed by atoms with van der Waals surface area (Å²) in [4.78, 5) is 0. The summed E-state index contributed by atoms with van der Waals surface area (Å²) in [6.45, 7) is 9.06. The van der Waals surface area contributed by atoms with Crippen molar-refractivity contribution in [3.05, 3.63) is 23.8 Å². The number of hydrogen-bond donors (Lipinski definition) is 1. The van der Waals surface area contributed by atoms with Crippen molar-refractivity contribution in [2.75, 3.05) is 6.54 Å². The normalized spacial score (nSPS) is 12.0. The lowest BCUT2D eigenvalue weighted by Gasteiger charge is -2.19. The first-order chi connectivity index (χ1) is 8.44. The third-order valence-electron chi connectivity index (χ3n) is 2.41. The molecule has 0 bridgehead atoms. The Balaban J connectivity index is 1.94. The first kappa shape index (κ1) is 12.8. The van der Waals surface area contributed by atoms with E-state index in [1.165, 1.54) is 0 Å². The largest absolute Gasteiger partial charge is 0.456 e. The van der Waals surface area contributed by atoms with Crippen LogP contribution < -0.4 is 5.32 Å². The molecule has 5 nitrogen and oxygen atoms in total. The molecule has 0 fully saturated rings. The maximum Gasteiger partial charge on any atom is 0.283 e. The van der Waals surface area contributed by atoms with E-state index >= 15 is 0 Å². The molecule has 0 radical (unpaired) electrons. The van der Waals surface area contributed by atoms with Crippen LogP contribution in [0.2, 0.25) is 0 Å². The SMILES string of the molecule is Cc1ccc(-c2nnc(CCNC(C)(C)C)o2)o1. The lowest BCUT2D eigenvalue weighted by Crippen LogP contribution is -2.37. The van der Waals surface area contributed by atoms with Gasteiger partial charge in [-0.05, 0) is 39.8 Å². The van der Waals surface area contributed by atoms with Gasteiger partial charge in [-0.2, -0.15) is 0 Å². The molecule has 0 aliphatic rings. The fourth-order valence-electron chi connectivity index (χ4n) is 1.55. The molecule has 1 N–H and O–H groups in total. The van der Waals surface area contributed by atoms with Gasteiger partial charge < -0.3 is 14.2 Å². The van der Waals surface area contributed by atoms with Gasteiger partial charge in [0, 0.05) is 18.5 Å². The fourth-order valence-corrected chi connectivity index (χ4v) is 1.55. The summed E-state index contributed by atoms with van der Waals surface area (Å²) < 4.78 is 11.0. The van der Waals surface area contributed by atoms with Gasteiger partial charge in [0.05, 0.1) is 0 Å². The van der Waals surface area contributed by atoms with Crippen LogP contribution in [0.25, 0.3) is 11.7 Å². The van der Waals surface area contributed by atoms with E-state index in [0.717, 1.165) is 12.3 Å². The molecule has 0 atom stereocenters. The average Bonchev–Trinajstić information content (AvgIpc) is 2.85. The number of rotatable bonds is 4. The number of nitrogens with zero attached hydrogens (tertiary/aromatic N) is 2. The molecule has 0 unspecified atom stereocenters. The molecule has 2 heterocycles. The highest BCUT2D eigenvalue weighted by Gasteiger charge is 2.13. The fraction of sp³-hybridized carbons (Fsp3) is 0.538. The minimum Gasteiger partial charge on any atom is -0.456 e. The number of furan rings is 1. The molecule has 0 spiro atoms. The van der Waals surface area contributed by atoms with Crippen molar-refractivity contribution in [3.63, 3.8) is 0 Å². The van der Waals surface area contributed by atoms with E-state index in [1.807, 2.05) is 19.1 Å². The van der Waals surface area contributed by atoms with Gasteiger partial charge in [-0.15, -0.1) is 10.2 Å². The molecule has 0 aliphatic heterocycles. The first-order valence-corrected chi connectivity index (χ1v) is 6.08. The molecule has 0 amide bonds. The molecular weight excluding hydrogens is 230 g/mol. The molecule has 2 rings (SSSR count). The van der Waals surface area contributed by atoms with Crippen molar-refractivity contribution in [1.82, 2.24) is 15.5 Å². The van der Waals surface area contributed by atoms with E-state index in [1.54, 1.807) is 0 Å². The Bertz CT molecular complexity index is 508. The van der Waals surface area contributed by atoms with Gasteiger partial charge in [0.25, 0.3) is 5.89 Å². The second-order valence-corrected chi connectivity index (χ2v) is 5.34. The summed E-state index contributed by atoms with van der Waals surface area (Å²) in [5.74, 6) is 2.51. The van der Waals surface area contributed by atoms with Crippen molar-refractivity contribution in [2.45, 2.75) is 39.7 Å². The average molecular weight is 249 g/mol. The van der Waals surface area contributed by atoms with Crippen LogP contribution in [-0.2, 0) is 6.42 Å². The molecule has 2 aromatic rings. The summed E-state index contributed by atoms with van der Waals surface area (Å²) in [6, 6.07) is 3.71. The second-order valence-electron chi connectivity index (χ2n) is 5.34. The van der Waals surface area contributed by atoms with Crippen molar-refractivity contribution in [1.29, 1.82) is 0 Å². The van der Waals surface area contributed by atoms with E-state index in [-0.39, 0.29) is 5.54 Å². The molecule has 5 heteroatoms. The number of aryl methyl sites for hydroxylation is 1. The zero-order valence-electron chi connectivity index (χ0n) is 11.3. The zero-order valence-corrected chi connectivity index (χ0v) is 11.3. The summed E-state index contributed by atoms with van der Waals surface area (Å²) in [7, 11) is 0. The Kier molecular flexibility index (Phi) is 3.52. The standard InChI is InChI=1S/C13H19N3O2/c1-9-5-6-10(17-9)12-16-15-11(18-12)7-8-14-13(2,3)4/h5-6,14H,7-8H2,1-4H3. The van der Waals surface area contributed by atoms with Crippen molar-refractivity contribution in [3.8, 4) is 11.7 Å². The van der Waals surface area contributed by atoms with Crippen LogP contribution in [0.3, 0.4) is 0 Å². The minimum atomic E-state index is 0.0982. The molecule has 2 aromatic heterocycles. The summed E-state index contributed by atoms with van der Waals surface area (Å²) >= 11 is 0. The highest BCUT2D eigenvalue weighted by atomic mass is 16.4. The van der Waals surface area contributed by atoms with E-state index in [9.17, 15) is 0 Å². The molecule has 0 aromatic carbocycles. The monoisotopic (exact) mass is 249 g/mol. The van der Waals surface area contributed by atoms with Crippen LogP contribution in [0.15, 0.2) is 21.0 Å². The highest BCUT2D eigenvalue weighted by Crippen LogP contribution is 2.20. The third-order valence-corrected chi connectivity index (χ3v) is 2.41. The quantitative estimate of drug-likeness (QED) is 0.902. The smallest absolute Gasteiger partial charge is 0.283 e. The van der Waals surface area contributed by atoms with Crippen LogP contribution in [0, 0.1) is 6.92 Å². The molecule has 18 heavy (non-hydrogen) atoms. The Hall–Kier alpha value is -1.62. The van der Waals surface area contributed by atoms with E-state index in [2.05, 4.69) is 36.3 Å². The maximum absolute atomic E-state index is 5.54. The van der Waals surface area contributed by atoms with Crippen LogP contribution in [-0.4, -0.2) is 22.3 Å². The third kappa shape index (κ3) is 3.43. The molecule has 98 valence electrons. The van der Waals surface area contributed by atoms with Gasteiger partial charge in [0.15, 0.2) is 5.76 Å². The summed E-state index contributed by atoms with van der Waals surface area (Å²) in [5.41, 5.74) is 0.0982. The van der Waals surface area contributed by atoms with Crippen LogP contribution in [0.4, 0.5) is 0 Å². The Morgan fingerprint density at radius 1 is 1.17 bits per heavy atom. The lowest BCUT2D eigenvalue weighted by molar-refractivity contribution is 0.409. The zero-order chi connectivity index (χ0) is 13.2. The number of aromatic nitrogens is 2. The van der Waals surface area contributed by atoms with Crippen molar-refractivity contribution >= 4 is 0 Å². The van der Waals surface area contributed by atoms with Crippen LogP contribution in [0.5, 0.6) is 0 Å². The minimum absolute atomic E-state index is 0.0982. The van der Waals surface area contributed by atoms with Crippen molar-refractivity contribution < 1.29 is 8.83 Å². The number of nitrogens with one attached hydrogen (secondary N) is 1. The van der Waals surface area contributed by atoms with E-state index in [0.29, 0.717) is 24.0 Å². The van der Waals surface area contributed by atoms with Gasteiger partial charge >= 0.3 is 0 Å². The summed E-state index contributed by atoms with van der Waals surface area (Å²) in [6.07, 6.45) is 0.712. The molecule has 0 saturated carbocycles. The Morgan fingerprint density at radius 3 is 2.56 bits per heavy atom. The van der Waals surface area contributed by atoms with E-state index in [4.69, 9.17) is 8.83 Å². The van der Waals surface area contributed by atoms with E-state index < -0.39 is 0 Å². The van der Waals surface area contributed by atoms with Gasteiger partial charge in [0.2, 0.25) is 5.89 Å². The summed E-state index contributed by atoms with van der Waals surface area (Å²) in [5, 5.41) is 11.4. The van der Waals surface area contributed by atoms with Crippen LogP contribution >= 0.6 is 0 Å². The van der Waals surface area contributed by atoms with Gasteiger partial charge in [0.1, 0.15) is 5.76 Å². The lowest BCUT2D eigenvalue weighted by atomic mass is 10.1. The Labute approximate surface area is 107 Å². The molecule has 0 saturated heterocycles. The Morgan fingerprint density at radius 2 is 1.94 bits per heavy atom. The molecular formula is C13H19N3O2. The van der Waals surface area contributed by atoms with Gasteiger partial charge in [-0.3, -0.25) is 0 Å².